The summed E-state index contributed by atoms with van der Waals surface area (Å²) in [5, 5.41) is 8.10. The molecule has 0 saturated carbocycles. The standard InChI is InChI=1S/C23H29N3O5/c1-23(2,3)31-22(29)24-12-11-20(27)25-17-8-6-9-18(15-17)26-21(28)14-16-7-5-10-19(13-16)30-4/h5-10,13,15H,11-12,14H2,1-4H3,(H,24,29)(H,25,27)(H,26,28). The summed E-state index contributed by atoms with van der Waals surface area (Å²) in [6.07, 6.45) is -0.281. The van der Waals surface area contributed by atoms with Gasteiger partial charge in [-0.3, -0.25) is 9.59 Å². The Hall–Kier alpha value is -3.55. The molecule has 3 amide bonds. The minimum Gasteiger partial charge on any atom is -0.497 e. The van der Waals surface area contributed by atoms with Gasteiger partial charge in [-0.2, -0.15) is 0 Å². The molecule has 0 unspecified atom stereocenters. The van der Waals surface area contributed by atoms with E-state index < -0.39 is 11.7 Å². The Bertz CT molecular complexity index is 921. The highest BCUT2D eigenvalue weighted by atomic mass is 16.6. The van der Waals surface area contributed by atoms with E-state index in [4.69, 9.17) is 9.47 Å². The van der Waals surface area contributed by atoms with Crippen LogP contribution in [-0.4, -0.2) is 37.2 Å². The number of nitrogens with one attached hydrogen (secondary N) is 3. The number of alkyl carbamates (subject to hydrolysis) is 1. The van der Waals surface area contributed by atoms with Crippen molar-refractivity contribution in [3.8, 4) is 5.75 Å². The van der Waals surface area contributed by atoms with Gasteiger partial charge in [-0.1, -0.05) is 18.2 Å². The van der Waals surface area contributed by atoms with Crippen molar-refractivity contribution in [2.45, 2.75) is 39.2 Å². The highest BCUT2D eigenvalue weighted by Gasteiger charge is 2.16. The number of carbonyl (C=O) groups excluding carboxylic acids is 3. The summed E-state index contributed by atoms with van der Waals surface area (Å²) in [6.45, 7) is 5.45. The number of hydrogen-bond donors (Lipinski definition) is 3. The van der Waals surface area contributed by atoms with Crippen LogP contribution < -0.4 is 20.7 Å². The molecule has 0 aromatic heterocycles. The normalized spacial score (nSPS) is 10.7. The zero-order chi connectivity index (χ0) is 22.9. The number of rotatable bonds is 8. The lowest BCUT2D eigenvalue weighted by Crippen LogP contribution is -2.34. The highest BCUT2D eigenvalue weighted by molar-refractivity contribution is 5.95. The maximum absolute atomic E-state index is 12.3. The van der Waals surface area contributed by atoms with Gasteiger partial charge in [-0.05, 0) is 56.7 Å². The van der Waals surface area contributed by atoms with Gasteiger partial charge in [0.25, 0.3) is 0 Å². The van der Waals surface area contributed by atoms with Crippen molar-refractivity contribution in [2.75, 3.05) is 24.3 Å². The molecule has 0 spiro atoms. The Morgan fingerprint density at radius 3 is 2.19 bits per heavy atom. The summed E-state index contributed by atoms with van der Waals surface area (Å²) >= 11 is 0. The van der Waals surface area contributed by atoms with Crippen molar-refractivity contribution in [1.82, 2.24) is 5.32 Å². The highest BCUT2D eigenvalue weighted by Crippen LogP contribution is 2.17. The molecule has 0 bridgehead atoms. The molecule has 2 aromatic rings. The fourth-order valence-corrected chi connectivity index (χ4v) is 2.66. The molecular formula is C23H29N3O5. The average molecular weight is 428 g/mol. The third kappa shape index (κ3) is 9.20. The molecule has 0 heterocycles. The Kier molecular flexibility index (Phi) is 8.43. The van der Waals surface area contributed by atoms with Crippen LogP contribution >= 0.6 is 0 Å². The van der Waals surface area contributed by atoms with Crippen molar-refractivity contribution in [3.05, 3.63) is 54.1 Å². The summed E-state index contributed by atoms with van der Waals surface area (Å²) in [4.78, 5) is 36.0. The number of anilines is 2. The van der Waals surface area contributed by atoms with Gasteiger partial charge in [-0.15, -0.1) is 0 Å². The van der Waals surface area contributed by atoms with Gasteiger partial charge in [0.1, 0.15) is 11.4 Å². The van der Waals surface area contributed by atoms with E-state index >= 15 is 0 Å². The fraction of sp³-hybridized carbons (Fsp3) is 0.348. The van der Waals surface area contributed by atoms with E-state index in [1.165, 1.54) is 0 Å². The largest absolute Gasteiger partial charge is 0.497 e. The molecule has 166 valence electrons. The van der Waals surface area contributed by atoms with Crippen LogP contribution in [0.5, 0.6) is 5.75 Å². The first-order valence-corrected chi connectivity index (χ1v) is 9.94. The average Bonchev–Trinajstić information content (AvgIpc) is 2.66. The lowest BCUT2D eigenvalue weighted by molar-refractivity contribution is -0.116. The summed E-state index contributed by atoms with van der Waals surface area (Å²) in [6, 6.07) is 14.2. The van der Waals surface area contributed by atoms with E-state index in [1.807, 2.05) is 24.3 Å². The topological polar surface area (TPSA) is 106 Å². The van der Waals surface area contributed by atoms with Gasteiger partial charge < -0.3 is 25.4 Å². The molecule has 2 rings (SSSR count). The Morgan fingerprint density at radius 2 is 1.55 bits per heavy atom. The third-order valence-electron chi connectivity index (χ3n) is 3.95. The minimum absolute atomic E-state index is 0.0890. The van der Waals surface area contributed by atoms with Crippen molar-refractivity contribution >= 4 is 29.3 Å². The Labute approximate surface area is 182 Å². The van der Waals surface area contributed by atoms with Crippen LogP contribution in [0.4, 0.5) is 16.2 Å². The number of amides is 3. The van der Waals surface area contributed by atoms with E-state index in [9.17, 15) is 14.4 Å². The lowest BCUT2D eigenvalue weighted by Gasteiger charge is -2.19. The predicted molar refractivity (Wildman–Crippen MR) is 119 cm³/mol. The van der Waals surface area contributed by atoms with Gasteiger partial charge in [0.2, 0.25) is 11.8 Å². The first-order valence-electron chi connectivity index (χ1n) is 9.94. The first-order chi connectivity index (χ1) is 14.6. The zero-order valence-corrected chi connectivity index (χ0v) is 18.3. The van der Waals surface area contributed by atoms with Gasteiger partial charge in [0.15, 0.2) is 0 Å². The van der Waals surface area contributed by atoms with Crippen LogP contribution in [0.15, 0.2) is 48.5 Å². The van der Waals surface area contributed by atoms with Crippen molar-refractivity contribution in [1.29, 1.82) is 0 Å². The summed E-state index contributed by atoms with van der Waals surface area (Å²) in [5.74, 6) is 0.241. The maximum Gasteiger partial charge on any atom is 0.407 e. The molecule has 0 atom stereocenters. The zero-order valence-electron chi connectivity index (χ0n) is 18.3. The second-order valence-corrected chi connectivity index (χ2v) is 7.88. The van der Waals surface area contributed by atoms with Gasteiger partial charge >= 0.3 is 6.09 Å². The van der Waals surface area contributed by atoms with Crippen LogP contribution in [0.1, 0.15) is 32.8 Å². The quantitative estimate of drug-likeness (QED) is 0.595. The molecule has 31 heavy (non-hydrogen) atoms. The number of benzene rings is 2. The number of methoxy groups -OCH3 is 1. The number of ether oxygens (including phenoxy) is 2. The van der Waals surface area contributed by atoms with E-state index in [1.54, 1.807) is 52.1 Å². The van der Waals surface area contributed by atoms with Gasteiger partial charge in [0.05, 0.1) is 13.5 Å². The molecule has 0 radical (unpaired) electrons. The van der Waals surface area contributed by atoms with Crippen LogP contribution in [0.2, 0.25) is 0 Å². The lowest BCUT2D eigenvalue weighted by atomic mass is 10.1. The number of carbonyl (C=O) groups is 3. The molecule has 8 nitrogen and oxygen atoms in total. The smallest absolute Gasteiger partial charge is 0.407 e. The maximum atomic E-state index is 12.3. The van der Waals surface area contributed by atoms with Crippen molar-refractivity contribution in [2.24, 2.45) is 0 Å². The first kappa shape index (κ1) is 23.7. The van der Waals surface area contributed by atoms with Crippen LogP contribution in [-0.2, 0) is 20.7 Å². The second kappa shape index (κ2) is 11.0. The molecule has 8 heteroatoms. The van der Waals surface area contributed by atoms with Gasteiger partial charge in [0, 0.05) is 24.3 Å². The molecule has 0 aliphatic heterocycles. The van der Waals surface area contributed by atoms with Crippen LogP contribution in [0.3, 0.4) is 0 Å². The molecular weight excluding hydrogens is 398 g/mol. The van der Waals surface area contributed by atoms with E-state index in [0.717, 1.165) is 5.56 Å². The van der Waals surface area contributed by atoms with Crippen LogP contribution in [0, 0.1) is 0 Å². The summed E-state index contributed by atoms with van der Waals surface area (Å²) < 4.78 is 10.3. The van der Waals surface area contributed by atoms with Crippen LogP contribution in [0.25, 0.3) is 0 Å². The molecule has 0 aliphatic carbocycles. The molecule has 3 N–H and O–H groups in total. The molecule has 0 saturated heterocycles. The third-order valence-corrected chi connectivity index (χ3v) is 3.95. The fourth-order valence-electron chi connectivity index (χ4n) is 2.66. The van der Waals surface area contributed by atoms with E-state index in [-0.39, 0.29) is 31.2 Å². The molecule has 2 aromatic carbocycles. The minimum atomic E-state index is -0.593. The van der Waals surface area contributed by atoms with E-state index in [0.29, 0.717) is 17.1 Å². The Balaban J connectivity index is 1.82. The number of hydrogen-bond acceptors (Lipinski definition) is 5. The Morgan fingerprint density at radius 1 is 0.903 bits per heavy atom. The van der Waals surface area contributed by atoms with Gasteiger partial charge in [-0.25, -0.2) is 4.79 Å². The van der Waals surface area contributed by atoms with E-state index in [2.05, 4.69) is 16.0 Å². The van der Waals surface area contributed by atoms with Crippen molar-refractivity contribution < 1.29 is 23.9 Å². The summed E-state index contributed by atoms with van der Waals surface area (Å²) in [5.41, 5.74) is 1.35. The SMILES string of the molecule is COc1cccc(CC(=O)Nc2cccc(NC(=O)CCNC(=O)OC(C)(C)C)c2)c1. The summed E-state index contributed by atoms with van der Waals surface area (Å²) in [7, 11) is 1.58. The second-order valence-electron chi connectivity index (χ2n) is 7.88. The molecule has 0 aliphatic rings. The van der Waals surface area contributed by atoms with Crippen molar-refractivity contribution in [3.63, 3.8) is 0 Å². The predicted octanol–water partition coefficient (Wildman–Crippen LogP) is 3.73. The molecule has 0 fully saturated rings. The monoisotopic (exact) mass is 427 g/mol.